The first-order chi connectivity index (χ1) is 16.1. The first-order valence-corrected chi connectivity index (χ1v) is 11.2. The van der Waals surface area contributed by atoms with Crippen molar-refractivity contribution in [2.45, 2.75) is 32.6 Å². The summed E-state index contributed by atoms with van der Waals surface area (Å²) in [6.07, 6.45) is 5.91. The maximum atomic E-state index is 13.1. The second-order valence-corrected chi connectivity index (χ2v) is 7.76. The number of rotatable bonds is 9. The first kappa shape index (κ1) is 22.3. The van der Waals surface area contributed by atoms with E-state index in [4.69, 9.17) is 20.4 Å². The zero-order chi connectivity index (χ0) is 23.2. The molecule has 0 aliphatic rings. The van der Waals surface area contributed by atoms with Gasteiger partial charge in [-0.3, -0.25) is 4.79 Å². The Bertz CT molecular complexity index is 1310. The Kier molecular flexibility index (Phi) is 6.83. The van der Waals surface area contributed by atoms with Gasteiger partial charge < -0.3 is 15.8 Å². The highest BCUT2D eigenvalue weighted by Gasteiger charge is 2.23. The smallest absolute Gasteiger partial charge is 0.257 e. The van der Waals surface area contributed by atoms with Crippen molar-refractivity contribution in [1.29, 1.82) is 0 Å². The summed E-state index contributed by atoms with van der Waals surface area (Å²) in [5, 5.41) is 7.52. The van der Waals surface area contributed by atoms with Gasteiger partial charge in [0.25, 0.3) is 5.91 Å². The van der Waals surface area contributed by atoms with Crippen LogP contribution in [-0.4, -0.2) is 40.4 Å². The molecule has 4 aromatic rings. The fourth-order valence-corrected chi connectivity index (χ4v) is 3.72. The van der Waals surface area contributed by atoms with E-state index in [1.54, 1.807) is 13.3 Å². The van der Waals surface area contributed by atoms with Gasteiger partial charge in [-0.15, -0.1) is 0 Å². The van der Waals surface area contributed by atoms with Crippen molar-refractivity contribution in [3.63, 3.8) is 0 Å². The van der Waals surface area contributed by atoms with Crippen LogP contribution in [0.25, 0.3) is 22.2 Å². The number of nitrogens with one attached hydrogen (secondary N) is 1. The minimum Gasteiger partial charge on any atom is -0.496 e. The fraction of sp³-hybridized carbons (Fsp3) is 0.280. The molecular weight excluding hydrogens is 416 g/mol. The monoisotopic (exact) mass is 444 g/mol. The summed E-state index contributed by atoms with van der Waals surface area (Å²) in [6.45, 7) is 2.74. The molecule has 0 fully saturated rings. The van der Waals surface area contributed by atoms with Crippen LogP contribution in [0, 0.1) is 0 Å². The van der Waals surface area contributed by atoms with E-state index in [0.29, 0.717) is 34.5 Å². The lowest BCUT2D eigenvalue weighted by molar-refractivity contribution is 0.0955. The normalized spacial score (nSPS) is 11.5. The highest BCUT2D eigenvalue weighted by atomic mass is 16.5. The molecule has 0 radical (unpaired) electrons. The lowest BCUT2D eigenvalue weighted by atomic mass is 10.2. The predicted octanol–water partition coefficient (Wildman–Crippen LogP) is 4.37. The number of hydrogen-bond acceptors (Lipinski definition) is 6. The molecule has 2 aromatic carbocycles. The molecule has 0 atom stereocenters. The number of unbranched alkanes of at least 4 members (excludes halogenated alkanes) is 3. The van der Waals surface area contributed by atoms with Crippen LogP contribution < -0.4 is 15.8 Å². The van der Waals surface area contributed by atoms with Crippen LogP contribution >= 0.6 is 0 Å². The number of amides is 1. The Labute approximate surface area is 192 Å². The molecule has 4 rings (SSSR count). The molecule has 0 unspecified atom stereocenters. The number of aromatic nitrogens is 3. The van der Waals surface area contributed by atoms with E-state index >= 15 is 0 Å². The molecule has 1 amide bonds. The zero-order valence-electron chi connectivity index (χ0n) is 18.9. The molecule has 0 aliphatic carbocycles. The average molecular weight is 445 g/mol. The highest BCUT2D eigenvalue weighted by molar-refractivity contribution is 6.10. The molecular formula is C25H28N6O2. The van der Waals surface area contributed by atoms with Crippen molar-refractivity contribution in [3.05, 3.63) is 59.7 Å². The number of nitrogens with two attached hydrogens (primary N) is 1. The second-order valence-electron chi connectivity index (χ2n) is 7.76. The number of nitrogen functional groups attached to an aromatic ring is 1. The summed E-state index contributed by atoms with van der Waals surface area (Å²) in [4.78, 5) is 22.5. The maximum absolute atomic E-state index is 13.1. The molecule has 0 saturated carbocycles. The number of anilines is 1. The molecule has 170 valence electrons. The molecule has 0 spiro atoms. The van der Waals surface area contributed by atoms with Gasteiger partial charge in [-0.25, -0.2) is 9.97 Å². The molecule has 0 aliphatic heterocycles. The lowest BCUT2D eigenvalue weighted by Crippen LogP contribution is -2.25. The Morgan fingerprint density at radius 3 is 2.58 bits per heavy atom. The summed E-state index contributed by atoms with van der Waals surface area (Å²) in [6, 6.07) is 15.0. The first-order valence-electron chi connectivity index (χ1n) is 11.2. The van der Waals surface area contributed by atoms with E-state index in [-0.39, 0.29) is 17.3 Å². The summed E-state index contributed by atoms with van der Waals surface area (Å²) < 4.78 is 6.87. The number of carbonyl (C=O) groups is 1. The van der Waals surface area contributed by atoms with Gasteiger partial charge in [0.2, 0.25) is 0 Å². The molecule has 33 heavy (non-hydrogen) atoms. The van der Waals surface area contributed by atoms with Crippen LogP contribution in [0.5, 0.6) is 5.75 Å². The largest absolute Gasteiger partial charge is 0.496 e. The Hall–Kier alpha value is -3.94. The van der Waals surface area contributed by atoms with Crippen molar-refractivity contribution in [3.8, 4) is 5.75 Å². The van der Waals surface area contributed by atoms with Crippen LogP contribution in [-0.2, 0) is 0 Å². The van der Waals surface area contributed by atoms with E-state index in [0.717, 1.165) is 31.2 Å². The Morgan fingerprint density at radius 2 is 1.82 bits per heavy atom. The van der Waals surface area contributed by atoms with Gasteiger partial charge in [0.1, 0.15) is 22.6 Å². The predicted molar refractivity (Wildman–Crippen MR) is 132 cm³/mol. The van der Waals surface area contributed by atoms with Gasteiger partial charge in [-0.05, 0) is 30.7 Å². The van der Waals surface area contributed by atoms with Crippen LogP contribution in [0.1, 0.15) is 48.5 Å². The van der Waals surface area contributed by atoms with E-state index in [1.165, 1.54) is 4.68 Å². The number of hydrogen-bond donors (Lipinski definition) is 2. The number of nitrogens with zero attached hydrogens (tertiary/aromatic N) is 4. The molecule has 0 saturated heterocycles. The SMILES string of the molecule is CCCCCCNC(=O)c1c(N)n(/N=C/c2ccccc2OC)c2nc3ccccc3nc12. The molecule has 2 heterocycles. The number of carbonyl (C=O) groups excluding carboxylic acids is 1. The van der Waals surface area contributed by atoms with E-state index in [2.05, 4.69) is 17.3 Å². The second kappa shape index (κ2) is 10.1. The number of benzene rings is 2. The van der Waals surface area contributed by atoms with Crippen molar-refractivity contribution < 1.29 is 9.53 Å². The van der Waals surface area contributed by atoms with Gasteiger partial charge in [0.15, 0.2) is 5.65 Å². The number of fused-ring (bicyclic) bond motifs is 2. The minimum absolute atomic E-state index is 0.192. The van der Waals surface area contributed by atoms with Crippen LogP contribution in [0.2, 0.25) is 0 Å². The third-order valence-corrected chi connectivity index (χ3v) is 5.47. The van der Waals surface area contributed by atoms with Crippen molar-refractivity contribution in [2.24, 2.45) is 5.10 Å². The Morgan fingerprint density at radius 1 is 1.09 bits per heavy atom. The molecule has 3 N–H and O–H groups in total. The molecule has 0 bridgehead atoms. The fourth-order valence-electron chi connectivity index (χ4n) is 3.72. The average Bonchev–Trinajstić information content (AvgIpc) is 3.11. The topological polar surface area (TPSA) is 107 Å². The van der Waals surface area contributed by atoms with Crippen LogP contribution in [0.15, 0.2) is 53.6 Å². The van der Waals surface area contributed by atoms with Crippen molar-refractivity contribution in [1.82, 2.24) is 20.0 Å². The van der Waals surface area contributed by atoms with Gasteiger partial charge in [0.05, 0.1) is 24.4 Å². The third-order valence-electron chi connectivity index (χ3n) is 5.47. The standard InChI is InChI=1S/C25H28N6O2/c1-3-4-5-10-15-27-25(32)21-22-24(30-19-13-8-7-12-18(19)29-22)31(23(21)26)28-16-17-11-6-9-14-20(17)33-2/h6-9,11-14,16H,3-5,10,15,26H2,1-2H3,(H,27,32)/b28-16+. The van der Waals surface area contributed by atoms with Crippen LogP contribution in [0.3, 0.4) is 0 Å². The Balaban J connectivity index is 1.77. The van der Waals surface area contributed by atoms with Crippen LogP contribution in [0.4, 0.5) is 5.82 Å². The lowest BCUT2D eigenvalue weighted by Gasteiger charge is -2.05. The third kappa shape index (κ3) is 4.64. The molecule has 8 heteroatoms. The molecule has 2 aromatic heterocycles. The zero-order valence-corrected chi connectivity index (χ0v) is 18.9. The van der Waals surface area contributed by atoms with Gasteiger partial charge in [-0.2, -0.15) is 9.78 Å². The summed E-state index contributed by atoms with van der Waals surface area (Å²) >= 11 is 0. The highest BCUT2D eigenvalue weighted by Crippen LogP contribution is 2.28. The van der Waals surface area contributed by atoms with Crippen molar-refractivity contribution in [2.75, 3.05) is 19.4 Å². The van der Waals surface area contributed by atoms with E-state index in [9.17, 15) is 4.79 Å². The maximum Gasteiger partial charge on any atom is 0.257 e. The van der Waals surface area contributed by atoms with Gasteiger partial charge in [-0.1, -0.05) is 50.5 Å². The van der Waals surface area contributed by atoms with E-state index in [1.807, 2.05) is 48.5 Å². The summed E-state index contributed by atoms with van der Waals surface area (Å²) in [7, 11) is 1.60. The van der Waals surface area contributed by atoms with Gasteiger partial charge in [0, 0.05) is 12.1 Å². The van der Waals surface area contributed by atoms with E-state index < -0.39 is 0 Å². The van der Waals surface area contributed by atoms with Gasteiger partial charge >= 0.3 is 0 Å². The summed E-state index contributed by atoms with van der Waals surface area (Å²) in [5.41, 5.74) is 9.74. The number of ether oxygens (including phenoxy) is 1. The quantitative estimate of drug-likeness (QED) is 0.294. The number of para-hydroxylation sites is 3. The summed E-state index contributed by atoms with van der Waals surface area (Å²) in [5.74, 6) is 0.597. The number of methoxy groups -OCH3 is 1. The minimum atomic E-state index is -0.273. The molecule has 8 nitrogen and oxygen atoms in total. The van der Waals surface area contributed by atoms with Crippen molar-refractivity contribution >= 4 is 40.1 Å².